The summed E-state index contributed by atoms with van der Waals surface area (Å²) in [6.45, 7) is 5.61. The minimum absolute atomic E-state index is 0.0279. The van der Waals surface area contributed by atoms with E-state index in [4.69, 9.17) is 5.11 Å². The average molecular weight is 178 g/mol. The molecule has 1 unspecified atom stereocenters. The van der Waals surface area contributed by atoms with Gasteiger partial charge in [0.2, 0.25) is 0 Å². The zero-order chi connectivity index (χ0) is 9.84. The number of aliphatic hydroxyl groups is 1. The third kappa shape index (κ3) is 1.90. The predicted octanol–water partition coefficient (Wildman–Crippen LogP) is 2.13. The van der Waals surface area contributed by atoms with Crippen molar-refractivity contribution in [3.05, 3.63) is 35.9 Å². The first kappa shape index (κ1) is 9.81. The molecule has 0 heterocycles. The standard InChI is InChI=1S/C11H14O2/c1-3-9-10(8(2)7-12)5-4-6-11(9)13/h3-6,8,12-13H,1,7H2,2H3. The molecule has 0 bridgehead atoms. The molecular weight excluding hydrogens is 164 g/mol. The smallest absolute Gasteiger partial charge is 0.123 e. The van der Waals surface area contributed by atoms with Crippen LogP contribution < -0.4 is 0 Å². The summed E-state index contributed by atoms with van der Waals surface area (Å²) >= 11 is 0. The van der Waals surface area contributed by atoms with Gasteiger partial charge in [-0.25, -0.2) is 0 Å². The molecule has 70 valence electrons. The molecule has 0 radical (unpaired) electrons. The maximum atomic E-state index is 9.48. The molecule has 0 saturated heterocycles. The van der Waals surface area contributed by atoms with Crippen LogP contribution in [0.15, 0.2) is 24.8 Å². The normalized spacial score (nSPS) is 12.5. The first-order chi connectivity index (χ1) is 6.20. The third-order valence-electron chi connectivity index (χ3n) is 2.13. The number of hydrogen-bond donors (Lipinski definition) is 2. The van der Waals surface area contributed by atoms with E-state index in [1.807, 2.05) is 13.0 Å². The van der Waals surface area contributed by atoms with Crippen LogP contribution >= 0.6 is 0 Å². The summed E-state index contributed by atoms with van der Waals surface area (Å²) in [5.41, 5.74) is 1.64. The number of phenols is 1. The van der Waals surface area contributed by atoms with Crippen molar-refractivity contribution in [1.29, 1.82) is 0 Å². The fourth-order valence-electron chi connectivity index (χ4n) is 1.32. The van der Waals surface area contributed by atoms with Crippen LogP contribution in [-0.2, 0) is 0 Å². The number of hydrogen-bond acceptors (Lipinski definition) is 2. The van der Waals surface area contributed by atoms with Crippen LogP contribution in [0, 0.1) is 0 Å². The lowest BCUT2D eigenvalue weighted by Crippen LogP contribution is -2.01. The Morgan fingerprint density at radius 1 is 1.54 bits per heavy atom. The van der Waals surface area contributed by atoms with Gasteiger partial charge in [-0.3, -0.25) is 0 Å². The highest BCUT2D eigenvalue weighted by atomic mass is 16.3. The molecule has 0 amide bonds. The van der Waals surface area contributed by atoms with Crippen LogP contribution in [-0.4, -0.2) is 16.8 Å². The predicted molar refractivity (Wildman–Crippen MR) is 53.7 cm³/mol. The molecule has 0 saturated carbocycles. The lowest BCUT2D eigenvalue weighted by atomic mass is 9.96. The van der Waals surface area contributed by atoms with Crippen molar-refractivity contribution in [2.75, 3.05) is 6.61 Å². The van der Waals surface area contributed by atoms with E-state index in [1.165, 1.54) is 0 Å². The maximum absolute atomic E-state index is 9.48. The summed E-state index contributed by atoms with van der Waals surface area (Å²) in [6.07, 6.45) is 1.61. The van der Waals surface area contributed by atoms with Crippen molar-refractivity contribution in [3.63, 3.8) is 0 Å². The van der Waals surface area contributed by atoms with E-state index in [2.05, 4.69) is 6.58 Å². The van der Waals surface area contributed by atoms with Crippen LogP contribution in [0.2, 0.25) is 0 Å². The molecule has 13 heavy (non-hydrogen) atoms. The Balaban J connectivity index is 3.19. The number of aliphatic hydroxyl groups excluding tert-OH is 1. The van der Waals surface area contributed by atoms with Gasteiger partial charge in [0.1, 0.15) is 5.75 Å². The van der Waals surface area contributed by atoms with Gasteiger partial charge in [0.05, 0.1) is 0 Å². The van der Waals surface area contributed by atoms with Crippen molar-refractivity contribution in [3.8, 4) is 5.75 Å². The second kappa shape index (κ2) is 4.10. The number of phenolic OH excluding ortho intramolecular Hbond substituents is 1. The van der Waals surface area contributed by atoms with E-state index in [9.17, 15) is 5.11 Å². The molecule has 0 fully saturated rings. The Kier molecular flexibility index (Phi) is 3.09. The molecule has 1 aromatic carbocycles. The molecule has 1 aromatic rings. The van der Waals surface area contributed by atoms with Gasteiger partial charge in [0, 0.05) is 18.1 Å². The molecule has 0 aromatic heterocycles. The van der Waals surface area contributed by atoms with Crippen molar-refractivity contribution >= 4 is 6.08 Å². The molecular formula is C11H14O2. The van der Waals surface area contributed by atoms with Gasteiger partial charge >= 0.3 is 0 Å². The molecule has 1 atom stereocenters. The minimum Gasteiger partial charge on any atom is -0.507 e. The van der Waals surface area contributed by atoms with Crippen molar-refractivity contribution < 1.29 is 10.2 Å². The summed E-state index contributed by atoms with van der Waals surface area (Å²) in [5.74, 6) is 0.243. The summed E-state index contributed by atoms with van der Waals surface area (Å²) < 4.78 is 0. The monoisotopic (exact) mass is 178 g/mol. The van der Waals surface area contributed by atoms with E-state index >= 15 is 0 Å². The first-order valence-corrected chi connectivity index (χ1v) is 4.26. The summed E-state index contributed by atoms with van der Waals surface area (Å²) in [4.78, 5) is 0. The largest absolute Gasteiger partial charge is 0.507 e. The highest BCUT2D eigenvalue weighted by Crippen LogP contribution is 2.27. The van der Waals surface area contributed by atoms with Gasteiger partial charge in [-0.15, -0.1) is 0 Å². The van der Waals surface area contributed by atoms with Gasteiger partial charge in [0.15, 0.2) is 0 Å². The third-order valence-corrected chi connectivity index (χ3v) is 2.13. The number of rotatable bonds is 3. The molecule has 0 aliphatic heterocycles. The van der Waals surface area contributed by atoms with Gasteiger partial charge in [-0.05, 0) is 11.6 Å². The Morgan fingerprint density at radius 3 is 2.77 bits per heavy atom. The minimum atomic E-state index is 0.0279. The van der Waals surface area contributed by atoms with E-state index < -0.39 is 0 Å². The molecule has 2 heteroatoms. The Hall–Kier alpha value is -1.28. The Morgan fingerprint density at radius 2 is 2.23 bits per heavy atom. The lowest BCUT2D eigenvalue weighted by Gasteiger charge is -2.12. The summed E-state index contributed by atoms with van der Waals surface area (Å²) in [7, 11) is 0. The Labute approximate surface area is 78.2 Å². The zero-order valence-electron chi connectivity index (χ0n) is 7.70. The van der Waals surface area contributed by atoms with Crippen LogP contribution in [0.4, 0.5) is 0 Å². The molecule has 2 nitrogen and oxygen atoms in total. The van der Waals surface area contributed by atoms with Gasteiger partial charge in [0.25, 0.3) is 0 Å². The molecule has 0 aliphatic rings. The molecule has 0 spiro atoms. The van der Waals surface area contributed by atoms with Crippen LogP contribution in [0.3, 0.4) is 0 Å². The van der Waals surface area contributed by atoms with E-state index in [0.29, 0.717) is 5.56 Å². The highest BCUT2D eigenvalue weighted by molar-refractivity contribution is 5.60. The van der Waals surface area contributed by atoms with E-state index in [0.717, 1.165) is 5.56 Å². The van der Waals surface area contributed by atoms with Crippen LogP contribution in [0.1, 0.15) is 24.0 Å². The second-order valence-corrected chi connectivity index (χ2v) is 3.07. The fourth-order valence-corrected chi connectivity index (χ4v) is 1.32. The second-order valence-electron chi connectivity index (χ2n) is 3.07. The SMILES string of the molecule is C=Cc1c(O)cccc1C(C)CO. The van der Waals surface area contributed by atoms with E-state index in [1.54, 1.807) is 18.2 Å². The molecule has 2 N–H and O–H groups in total. The quantitative estimate of drug-likeness (QED) is 0.744. The summed E-state index contributed by atoms with van der Waals surface area (Å²) in [6, 6.07) is 5.27. The van der Waals surface area contributed by atoms with Crippen molar-refractivity contribution in [2.24, 2.45) is 0 Å². The van der Waals surface area contributed by atoms with Crippen LogP contribution in [0.25, 0.3) is 6.08 Å². The summed E-state index contributed by atoms with van der Waals surface area (Å²) in [5, 5.41) is 18.5. The first-order valence-electron chi connectivity index (χ1n) is 4.26. The van der Waals surface area contributed by atoms with Crippen molar-refractivity contribution in [2.45, 2.75) is 12.8 Å². The number of aromatic hydroxyl groups is 1. The highest BCUT2D eigenvalue weighted by Gasteiger charge is 2.10. The maximum Gasteiger partial charge on any atom is 0.123 e. The lowest BCUT2D eigenvalue weighted by molar-refractivity contribution is 0.272. The van der Waals surface area contributed by atoms with Gasteiger partial charge in [-0.2, -0.15) is 0 Å². The van der Waals surface area contributed by atoms with Gasteiger partial charge < -0.3 is 10.2 Å². The fraction of sp³-hybridized carbons (Fsp3) is 0.273. The van der Waals surface area contributed by atoms with Gasteiger partial charge in [-0.1, -0.05) is 31.7 Å². The average Bonchev–Trinajstić information content (AvgIpc) is 2.16. The van der Waals surface area contributed by atoms with Crippen molar-refractivity contribution in [1.82, 2.24) is 0 Å². The number of benzene rings is 1. The topological polar surface area (TPSA) is 40.5 Å². The zero-order valence-corrected chi connectivity index (χ0v) is 7.70. The van der Waals surface area contributed by atoms with Crippen LogP contribution in [0.5, 0.6) is 5.75 Å². The molecule has 1 rings (SSSR count). The van der Waals surface area contributed by atoms with E-state index in [-0.39, 0.29) is 18.3 Å². The molecule has 0 aliphatic carbocycles. The Bertz CT molecular complexity index is 305.